The SMILES string of the molecule is CC(C)(C)OC(=O)NC[C@@](C(=O)O)(N1C(=O)C=CC1=O)N1C(=O)CCC1=O. The maximum atomic E-state index is 12.2. The van der Waals surface area contributed by atoms with Crippen LogP contribution in [0.3, 0.4) is 0 Å². The molecule has 0 unspecified atom stereocenters. The molecule has 1 saturated heterocycles. The topological polar surface area (TPSA) is 150 Å². The minimum Gasteiger partial charge on any atom is -0.478 e. The third-order valence-corrected chi connectivity index (χ3v) is 3.82. The van der Waals surface area contributed by atoms with Crippen molar-refractivity contribution in [3.05, 3.63) is 12.2 Å². The third kappa shape index (κ3) is 3.66. The fraction of sp³-hybridized carbons (Fsp3) is 0.500. The van der Waals surface area contributed by atoms with Crippen LogP contribution in [0.1, 0.15) is 33.6 Å². The number of hydrogen-bond donors (Lipinski definition) is 2. The van der Waals surface area contributed by atoms with Gasteiger partial charge in [0.15, 0.2) is 0 Å². The van der Waals surface area contributed by atoms with Gasteiger partial charge in [-0.25, -0.2) is 19.4 Å². The van der Waals surface area contributed by atoms with Gasteiger partial charge in [0.2, 0.25) is 17.5 Å². The van der Waals surface area contributed by atoms with Crippen LogP contribution in [0.15, 0.2) is 12.2 Å². The van der Waals surface area contributed by atoms with E-state index in [9.17, 15) is 33.9 Å². The summed E-state index contributed by atoms with van der Waals surface area (Å²) in [6.07, 6.45) is 0.0459. The van der Waals surface area contributed by atoms with Crippen LogP contribution in [0.5, 0.6) is 0 Å². The van der Waals surface area contributed by atoms with E-state index in [-0.39, 0.29) is 17.7 Å². The summed E-state index contributed by atoms with van der Waals surface area (Å²) in [5.41, 5.74) is -3.64. The van der Waals surface area contributed by atoms with E-state index in [0.29, 0.717) is 4.90 Å². The number of aliphatic carboxylic acids is 1. The second-order valence-electron chi connectivity index (χ2n) is 6.95. The number of carbonyl (C=O) groups excluding carboxylic acids is 5. The van der Waals surface area contributed by atoms with Gasteiger partial charge in [0.05, 0.1) is 6.54 Å². The quantitative estimate of drug-likeness (QED) is 0.597. The lowest BCUT2D eigenvalue weighted by molar-refractivity contribution is -0.181. The van der Waals surface area contributed by atoms with Gasteiger partial charge < -0.3 is 15.2 Å². The predicted octanol–water partition coefficient (Wildman–Crippen LogP) is -0.634. The molecular formula is C16H19N3O8. The summed E-state index contributed by atoms with van der Waals surface area (Å²) in [6.45, 7) is 3.79. The van der Waals surface area contributed by atoms with Crippen molar-refractivity contribution in [1.29, 1.82) is 0 Å². The number of alkyl carbamates (subject to hydrolysis) is 1. The summed E-state index contributed by atoms with van der Waals surface area (Å²) in [4.78, 5) is 73.4. The lowest BCUT2D eigenvalue weighted by atomic mass is 10.1. The van der Waals surface area contributed by atoms with Crippen LogP contribution in [0.25, 0.3) is 0 Å². The monoisotopic (exact) mass is 381 g/mol. The Kier molecular flexibility index (Phi) is 5.07. The van der Waals surface area contributed by atoms with Crippen molar-refractivity contribution in [2.75, 3.05) is 6.54 Å². The number of nitrogens with zero attached hydrogens (tertiary/aromatic N) is 2. The summed E-state index contributed by atoms with van der Waals surface area (Å²) >= 11 is 0. The molecule has 1 atom stereocenters. The molecule has 2 heterocycles. The average Bonchev–Trinajstić information content (AvgIpc) is 3.03. The molecule has 0 saturated carbocycles. The Bertz CT molecular complexity index is 728. The molecule has 2 aliphatic heterocycles. The van der Waals surface area contributed by atoms with Crippen LogP contribution < -0.4 is 5.32 Å². The zero-order valence-electron chi connectivity index (χ0n) is 15.0. The lowest BCUT2D eigenvalue weighted by Crippen LogP contribution is -2.72. The summed E-state index contributed by atoms with van der Waals surface area (Å²) in [5.74, 6) is -5.63. The second kappa shape index (κ2) is 6.82. The molecular weight excluding hydrogens is 362 g/mol. The highest BCUT2D eigenvalue weighted by atomic mass is 16.6. The summed E-state index contributed by atoms with van der Waals surface area (Å²) in [6, 6.07) is 0. The maximum absolute atomic E-state index is 12.2. The number of hydrogen-bond acceptors (Lipinski definition) is 7. The van der Waals surface area contributed by atoms with Crippen molar-refractivity contribution in [2.24, 2.45) is 0 Å². The van der Waals surface area contributed by atoms with Gasteiger partial charge in [0.1, 0.15) is 5.60 Å². The molecule has 2 aliphatic rings. The fourth-order valence-corrected chi connectivity index (χ4v) is 2.79. The number of carboxylic acid groups (broad SMARTS) is 1. The number of nitrogens with one attached hydrogen (secondary N) is 1. The van der Waals surface area contributed by atoms with Gasteiger partial charge in [-0.05, 0) is 20.8 Å². The molecule has 11 heteroatoms. The first kappa shape index (κ1) is 20.1. The number of rotatable bonds is 5. The van der Waals surface area contributed by atoms with Crippen LogP contribution in [0.2, 0.25) is 0 Å². The maximum Gasteiger partial charge on any atom is 0.407 e. The Balaban J connectivity index is 2.47. The van der Waals surface area contributed by atoms with Gasteiger partial charge in [-0.3, -0.25) is 19.2 Å². The standard InChI is InChI=1S/C16H19N3O8/c1-15(2,3)27-14(26)17-8-16(13(24)25,18-9(20)4-5-10(18)21)19-11(22)6-7-12(19)23/h4-5H,6-8H2,1-3H3,(H,17,26)(H,24,25)/t16-/m1/s1. The van der Waals surface area contributed by atoms with E-state index in [1.165, 1.54) is 0 Å². The van der Waals surface area contributed by atoms with Gasteiger partial charge in [-0.2, -0.15) is 0 Å². The van der Waals surface area contributed by atoms with E-state index in [1.807, 2.05) is 0 Å². The minimum absolute atomic E-state index is 0.272. The Morgan fingerprint density at radius 1 is 1.04 bits per heavy atom. The van der Waals surface area contributed by atoms with Gasteiger partial charge in [0, 0.05) is 25.0 Å². The van der Waals surface area contributed by atoms with Crippen molar-refractivity contribution < 1.29 is 38.6 Å². The number of carbonyl (C=O) groups is 6. The van der Waals surface area contributed by atoms with Crippen molar-refractivity contribution in [3.63, 3.8) is 0 Å². The molecule has 0 spiro atoms. The highest BCUT2D eigenvalue weighted by molar-refractivity contribution is 6.17. The van der Waals surface area contributed by atoms with Crippen molar-refractivity contribution >= 4 is 35.7 Å². The normalized spacial score (nSPS) is 19.5. The van der Waals surface area contributed by atoms with Crippen LogP contribution in [0.4, 0.5) is 4.79 Å². The first-order valence-corrected chi connectivity index (χ1v) is 8.02. The third-order valence-electron chi connectivity index (χ3n) is 3.82. The molecule has 0 bridgehead atoms. The number of likely N-dealkylation sites (tertiary alicyclic amines) is 1. The van der Waals surface area contributed by atoms with E-state index in [2.05, 4.69) is 5.32 Å². The summed E-state index contributed by atoms with van der Waals surface area (Å²) < 4.78 is 5.01. The highest BCUT2D eigenvalue weighted by Crippen LogP contribution is 2.30. The lowest BCUT2D eigenvalue weighted by Gasteiger charge is -2.41. The molecule has 1 fully saturated rings. The van der Waals surface area contributed by atoms with Gasteiger partial charge in [-0.1, -0.05) is 0 Å². The Labute approximate surface area is 153 Å². The second-order valence-corrected chi connectivity index (χ2v) is 6.95. The van der Waals surface area contributed by atoms with Crippen molar-refractivity contribution in [1.82, 2.24) is 15.1 Å². The predicted molar refractivity (Wildman–Crippen MR) is 86.7 cm³/mol. The van der Waals surface area contributed by atoms with Crippen LogP contribution >= 0.6 is 0 Å². The average molecular weight is 381 g/mol. The van der Waals surface area contributed by atoms with Gasteiger partial charge >= 0.3 is 12.1 Å². The highest BCUT2D eigenvalue weighted by Gasteiger charge is 2.60. The molecule has 0 aromatic rings. The molecule has 0 aliphatic carbocycles. The zero-order chi connectivity index (χ0) is 20.6. The Morgan fingerprint density at radius 3 is 1.93 bits per heavy atom. The van der Waals surface area contributed by atoms with Crippen LogP contribution in [0, 0.1) is 0 Å². The molecule has 0 radical (unpaired) electrons. The number of ether oxygens (including phenoxy) is 1. The molecule has 27 heavy (non-hydrogen) atoms. The van der Waals surface area contributed by atoms with E-state index in [0.717, 1.165) is 12.2 Å². The molecule has 0 aromatic heterocycles. The summed E-state index contributed by atoms with van der Waals surface area (Å²) in [7, 11) is 0. The number of imide groups is 2. The number of carboxylic acids is 1. The molecule has 146 valence electrons. The summed E-state index contributed by atoms with van der Waals surface area (Å²) in [5, 5.41) is 12.0. The largest absolute Gasteiger partial charge is 0.478 e. The molecule has 2 rings (SSSR count). The van der Waals surface area contributed by atoms with Crippen LogP contribution in [-0.2, 0) is 28.7 Å². The molecule has 11 nitrogen and oxygen atoms in total. The van der Waals surface area contributed by atoms with Crippen molar-refractivity contribution in [3.8, 4) is 0 Å². The van der Waals surface area contributed by atoms with E-state index < -0.39 is 53.5 Å². The first-order chi connectivity index (χ1) is 12.4. The first-order valence-electron chi connectivity index (χ1n) is 8.02. The molecule has 5 amide bonds. The Morgan fingerprint density at radius 2 is 1.52 bits per heavy atom. The van der Waals surface area contributed by atoms with Gasteiger partial charge in [0.25, 0.3) is 11.8 Å². The Hall–Kier alpha value is -3.24. The molecule has 2 N–H and O–H groups in total. The van der Waals surface area contributed by atoms with Crippen molar-refractivity contribution in [2.45, 2.75) is 44.9 Å². The minimum atomic E-state index is -2.74. The smallest absolute Gasteiger partial charge is 0.407 e. The van der Waals surface area contributed by atoms with E-state index >= 15 is 0 Å². The van der Waals surface area contributed by atoms with E-state index in [1.54, 1.807) is 20.8 Å². The van der Waals surface area contributed by atoms with E-state index in [4.69, 9.17) is 4.74 Å². The van der Waals surface area contributed by atoms with Crippen LogP contribution in [-0.4, -0.2) is 68.4 Å². The van der Waals surface area contributed by atoms with Gasteiger partial charge in [-0.15, -0.1) is 0 Å². The fourth-order valence-electron chi connectivity index (χ4n) is 2.79. The zero-order valence-corrected chi connectivity index (χ0v) is 15.0. The molecule has 0 aromatic carbocycles. The number of amides is 5.